The molecule has 4 nitrogen and oxygen atoms in total. The van der Waals surface area contributed by atoms with Gasteiger partial charge in [0.2, 0.25) is 0 Å². The van der Waals surface area contributed by atoms with E-state index < -0.39 is 0 Å². The van der Waals surface area contributed by atoms with Crippen LogP contribution in [0.15, 0.2) is 59.2 Å². The average molecular weight is 279 g/mol. The Kier molecular flexibility index (Phi) is 3.28. The largest absolute Gasteiger partial charge is 0.463 e. The molecule has 0 bridgehead atoms. The Morgan fingerprint density at radius 3 is 2.43 bits per heavy atom. The molecule has 1 aromatic heterocycles. The maximum Gasteiger partial charge on any atom is 0.259 e. The van der Waals surface area contributed by atoms with Gasteiger partial charge in [-0.15, -0.1) is 0 Å². The van der Waals surface area contributed by atoms with E-state index in [0.29, 0.717) is 22.4 Å². The molecule has 3 aromatic rings. The third kappa shape index (κ3) is 2.56. The minimum absolute atomic E-state index is 0.00583. The number of rotatable bonds is 3. The second kappa shape index (κ2) is 5.25. The predicted octanol–water partition coefficient (Wildman–Crippen LogP) is 3.89. The van der Waals surface area contributed by atoms with Crippen LogP contribution in [0.4, 0.5) is 5.69 Å². The van der Waals surface area contributed by atoms with Crippen LogP contribution in [-0.4, -0.2) is 11.7 Å². The number of Topliss-reactive ketones (excluding diaryl/α,β-unsaturated/α-hetero) is 1. The van der Waals surface area contributed by atoms with Crippen molar-refractivity contribution in [2.75, 3.05) is 5.32 Å². The molecule has 0 saturated heterocycles. The van der Waals surface area contributed by atoms with E-state index in [1.807, 2.05) is 24.3 Å². The van der Waals surface area contributed by atoms with E-state index in [1.54, 1.807) is 24.3 Å². The number of carbonyl (C=O) groups excluding carboxylic acids is 2. The van der Waals surface area contributed by atoms with Crippen molar-refractivity contribution >= 4 is 28.3 Å². The Bertz CT molecular complexity index is 815. The molecule has 0 unspecified atom stereocenters. The zero-order chi connectivity index (χ0) is 14.8. The topological polar surface area (TPSA) is 59.3 Å². The first-order valence-corrected chi connectivity index (χ1v) is 6.54. The average Bonchev–Trinajstić information content (AvgIpc) is 2.92. The number of hydrogen-bond acceptors (Lipinski definition) is 3. The Labute approximate surface area is 121 Å². The van der Waals surface area contributed by atoms with Crippen molar-refractivity contribution in [3.8, 4) is 0 Å². The van der Waals surface area contributed by atoms with Crippen LogP contribution >= 0.6 is 0 Å². The lowest BCUT2D eigenvalue weighted by Crippen LogP contribution is -2.11. The second-order valence-electron chi connectivity index (χ2n) is 4.73. The minimum atomic E-state index is -0.240. The summed E-state index contributed by atoms with van der Waals surface area (Å²) in [7, 11) is 0. The van der Waals surface area contributed by atoms with Gasteiger partial charge in [-0.05, 0) is 37.3 Å². The molecular formula is C17H13NO3. The van der Waals surface area contributed by atoms with E-state index in [4.69, 9.17) is 4.42 Å². The van der Waals surface area contributed by atoms with E-state index in [2.05, 4.69) is 5.32 Å². The van der Waals surface area contributed by atoms with Crippen LogP contribution in [0.3, 0.4) is 0 Å². The Morgan fingerprint density at radius 2 is 1.71 bits per heavy atom. The lowest BCUT2D eigenvalue weighted by molar-refractivity contribution is 0.101. The second-order valence-corrected chi connectivity index (χ2v) is 4.73. The third-order valence-corrected chi connectivity index (χ3v) is 3.27. The summed E-state index contributed by atoms with van der Waals surface area (Å²) in [6.45, 7) is 1.51. The van der Waals surface area contributed by atoms with Crippen molar-refractivity contribution in [2.24, 2.45) is 0 Å². The van der Waals surface area contributed by atoms with Gasteiger partial charge in [-0.3, -0.25) is 9.59 Å². The Hall–Kier alpha value is -2.88. The van der Waals surface area contributed by atoms with Gasteiger partial charge in [0.25, 0.3) is 5.91 Å². The van der Waals surface area contributed by atoms with Gasteiger partial charge in [0.15, 0.2) is 5.78 Å². The van der Waals surface area contributed by atoms with Gasteiger partial charge in [-0.1, -0.05) is 18.2 Å². The van der Waals surface area contributed by atoms with Gasteiger partial charge in [0, 0.05) is 16.6 Å². The van der Waals surface area contributed by atoms with Crippen molar-refractivity contribution in [3.05, 3.63) is 65.9 Å². The summed E-state index contributed by atoms with van der Waals surface area (Å²) in [5.41, 5.74) is 2.41. The maximum absolute atomic E-state index is 12.3. The van der Waals surface area contributed by atoms with Crippen LogP contribution in [0.25, 0.3) is 11.0 Å². The van der Waals surface area contributed by atoms with Crippen LogP contribution in [0.1, 0.15) is 27.6 Å². The summed E-state index contributed by atoms with van der Waals surface area (Å²) in [6, 6.07) is 14.1. The molecule has 1 N–H and O–H groups in total. The quantitative estimate of drug-likeness (QED) is 0.740. The molecule has 21 heavy (non-hydrogen) atoms. The number of carbonyl (C=O) groups is 2. The molecule has 0 atom stereocenters. The van der Waals surface area contributed by atoms with Gasteiger partial charge in [0.05, 0.1) is 5.56 Å². The molecule has 4 heteroatoms. The van der Waals surface area contributed by atoms with E-state index in [0.717, 1.165) is 5.39 Å². The van der Waals surface area contributed by atoms with Crippen LogP contribution in [0.2, 0.25) is 0 Å². The van der Waals surface area contributed by atoms with Crippen LogP contribution in [-0.2, 0) is 0 Å². The van der Waals surface area contributed by atoms with Crippen LogP contribution < -0.4 is 5.32 Å². The van der Waals surface area contributed by atoms with E-state index in [-0.39, 0.29) is 11.7 Å². The number of para-hydroxylation sites is 1. The summed E-state index contributed by atoms with van der Waals surface area (Å²) >= 11 is 0. The third-order valence-electron chi connectivity index (χ3n) is 3.27. The van der Waals surface area contributed by atoms with Crippen LogP contribution in [0.5, 0.6) is 0 Å². The maximum atomic E-state index is 12.3. The molecule has 104 valence electrons. The van der Waals surface area contributed by atoms with E-state index in [1.165, 1.54) is 13.2 Å². The fourth-order valence-corrected chi connectivity index (χ4v) is 2.14. The molecule has 1 heterocycles. The molecule has 0 fully saturated rings. The first kappa shape index (κ1) is 13.1. The van der Waals surface area contributed by atoms with E-state index in [9.17, 15) is 9.59 Å². The van der Waals surface area contributed by atoms with E-state index >= 15 is 0 Å². The van der Waals surface area contributed by atoms with Crippen molar-refractivity contribution in [3.63, 3.8) is 0 Å². The molecule has 1 amide bonds. The van der Waals surface area contributed by atoms with Gasteiger partial charge >= 0.3 is 0 Å². The molecule has 0 radical (unpaired) electrons. The van der Waals surface area contributed by atoms with Crippen molar-refractivity contribution in [1.82, 2.24) is 0 Å². The molecule has 0 spiro atoms. The predicted molar refractivity (Wildman–Crippen MR) is 80.6 cm³/mol. The Balaban J connectivity index is 1.84. The highest BCUT2D eigenvalue weighted by Crippen LogP contribution is 2.22. The number of ketones is 1. The SMILES string of the molecule is CC(=O)c1ccc(NC(=O)c2coc3ccccc23)cc1. The zero-order valence-electron chi connectivity index (χ0n) is 11.4. The number of anilines is 1. The molecule has 0 aliphatic carbocycles. The Morgan fingerprint density at radius 1 is 1.00 bits per heavy atom. The molecule has 0 saturated carbocycles. The summed E-state index contributed by atoms with van der Waals surface area (Å²) in [5.74, 6) is -0.246. The first-order valence-electron chi connectivity index (χ1n) is 6.54. The molecular weight excluding hydrogens is 266 g/mol. The standard InChI is InChI=1S/C17H13NO3/c1-11(19)12-6-8-13(9-7-12)18-17(20)15-10-21-16-5-3-2-4-14(15)16/h2-10H,1H3,(H,18,20). The summed E-state index contributed by atoms with van der Waals surface area (Å²) in [6.07, 6.45) is 1.45. The van der Waals surface area contributed by atoms with Gasteiger partial charge in [-0.25, -0.2) is 0 Å². The molecule has 0 aliphatic rings. The number of amides is 1. The molecule has 0 aliphatic heterocycles. The van der Waals surface area contributed by atoms with Gasteiger partial charge < -0.3 is 9.73 Å². The lowest BCUT2D eigenvalue weighted by Gasteiger charge is -2.04. The minimum Gasteiger partial charge on any atom is -0.463 e. The number of nitrogens with one attached hydrogen (secondary N) is 1. The summed E-state index contributed by atoms with van der Waals surface area (Å²) in [4.78, 5) is 23.5. The number of fused-ring (bicyclic) bond motifs is 1. The number of furan rings is 1. The van der Waals surface area contributed by atoms with Gasteiger partial charge in [0.1, 0.15) is 11.8 Å². The summed E-state index contributed by atoms with van der Waals surface area (Å²) in [5, 5.41) is 3.57. The fourth-order valence-electron chi connectivity index (χ4n) is 2.14. The first-order chi connectivity index (χ1) is 10.1. The number of hydrogen-bond donors (Lipinski definition) is 1. The van der Waals surface area contributed by atoms with Crippen molar-refractivity contribution in [2.45, 2.75) is 6.92 Å². The fraction of sp³-hybridized carbons (Fsp3) is 0.0588. The highest BCUT2D eigenvalue weighted by molar-refractivity contribution is 6.12. The lowest BCUT2D eigenvalue weighted by atomic mass is 10.1. The van der Waals surface area contributed by atoms with Crippen molar-refractivity contribution < 1.29 is 14.0 Å². The number of benzene rings is 2. The molecule has 2 aromatic carbocycles. The molecule has 3 rings (SSSR count). The highest BCUT2D eigenvalue weighted by Gasteiger charge is 2.13. The monoisotopic (exact) mass is 279 g/mol. The summed E-state index contributed by atoms with van der Waals surface area (Å²) < 4.78 is 5.35. The smallest absolute Gasteiger partial charge is 0.259 e. The van der Waals surface area contributed by atoms with Crippen molar-refractivity contribution in [1.29, 1.82) is 0 Å². The highest BCUT2D eigenvalue weighted by atomic mass is 16.3. The normalized spacial score (nSPS) is 10.5. The van der Waals surface area contributed by atoms with Crippen LogP contribution in [0, 0.1) is 0 Å². The zero-order valence-corrected chi connectivity index (χ0v) is 11.4. The van der Waals surface area contributed by atoms with Gasteiger partial charge in [-0.2, -0.15) is 0 Å².